The lowest BCUT2D eigenvalue weighted by molar-refractivity contribution is 0.0532. The molecule has 0 bridgehead atoms. The molecule has 18 rings (SSSR count). The number of alkyl halides is 1. The number of amides is 1. The van der Waals surface area contributed by atoms with Crippen LogP contribution in [0.5, 0.6) is 0 Å². The smallest absolute Gasteiger partial charge is 0.420 e. The number of aryl methyl sites for hydroxylation is 4. The Bertz CT molecular complexity index is 7950. The number of fused-ring (bicyclic) bond motifs is 6. The van der Waals surface area contributed by atoms with Crippen LogP contribution in [0.2, 0.25) is 0 Å². The Morgan fingerprint density at radius 2 is 0.770 bits per heavy atom. The fraction of sp³-hybridized carbons (Fsp3) is 0.243. The second kappa shape index (κ2) is 49.6. The molecule has 18 heterocycles. The molecule has 0 spiro atoms. The Labute approximate surface area is 859 Å². The third kappa shape index (κ3) is 30.5. The molecule has 0 saturated heterocycles. The third-order valence-corrected chi connectivity index (χ3v) is 22.0. The largest absolute Gasteiger partial charge is 0.443 e. The van der Waals surface area contributed by atoms with E-state index in [0.717, 1.165) is 102 Å². The number of ether oxygens (including phenoxy) is 3. The van der Waals surface area contributed by atoms with Crippen LogP contribution in [0.15, 0.2) is 213 Å². The van der Waals surface area contributed by atoms with Gasteiger partial charge in [-0.05, 0) is 262 Å². The summed E-state index contributed by atoms with van der Waals surface area (Å²) in [5.41, 5.74) is 13.5. The molecule has 0 fully saturated rings. The molecule has 0 aliphatic carbocycles. The molecule has 0 saturated carbocycles. The van der Waals surface area contributed by atoms with Crippen molar-refractivity contribution >= 4 is 118 Å². The Kier molecular flexibility index (Phi) is 36.6. The summed E-state index contributed by atoms with van der Waals surface area (Å²) in [6, 6.07) is 38.7. The highest BCUT2D eigenvalue weighted by Crippen LogP contribution is 2.31. The Hall–Kier alpha value is -17.5. The van der Waals surface area contributed by atoms with E-state index >= 15 is 0 Å². The van der Waals surface area contributed by atoms with Gasteiger partial charge in [-0.3, -0.25) is 19.9 Å². The van der Waals surface area contributed by atoms with Gasteiger partial charge in [0.25, 0.3) is 0 Å². The van der Waals surface area contributed by atoms with E-state index in [4.69, 9.17) is 57.4 Å². The Balaban J connectivity index is 0.000000156. The van der Waals surface area contributed by atoms with Crippen LogP contribution in [0, 0.1) is 103 Å². The number of anilines is 1. The maximum absolute atomic E-state index is 14.5. The van der Waals surface area contributed by atoms with E-state index in [0.29, 0.717) is 135 Å². The van der Waals surface area contributed by atoms with Crippen molar-refractivity contribution in [2.45, 2.75) is 143 Å². The SMILES string of the molecule is CC(C)(C)OC(=O)N(Cc1cncc(F)c1)c1ccc(Br)c(F)n1.CC(C)(C)OC(=O)n1cc(CCl)c2cc(C#N)cnc21.CN(C)Cc1c[nH]c2ncc(C#N)cc12.CN(C)Cc1cn(C(=O)OC(C)(C)C)c2ncc(C#N)cc12.N#Cc1cnc2[nH]cc(Cc3ccc(CCc4cncc(F)c4)nc3F)c2c1.N#Cc1cnc2[nH]cc(Cc3ccc(CCc4cncc(F)c4)nc3F)c2c1.N#Cc1cnc2[nH]ccc2c1. The molecule has 0 aliphatic heterocycles. The lowest BCUT2D eigenvalue weighted by Crippen LogP contribution is -2.37. The van der Waals surface area contributed by atoms with Crippen molar-refractivity contribution < 1.29 is 54.9 Å². The van der Waals surface area contributed by atoms with E-state index in [2.05, 4.69) is 125 Å². The van der Waals surface area contributed by atoms with Crippen molar-refractivity contribution in [1.82, 2.24) is 98.7 Å². The number of carbonyl (C=O) groups excluding carboxylic acids is 3. The number of nitriles is 6. The van der Waals surface area contributed by atoms with Crippen molar-refractivity contribution in [3.8, 4) is 36.4 Å². The molecule has 18 aromatic rings. The van der Waals surface area contributed by atoms with E-state index in [-0.39, 0.29) is 34.3 Å². The standard InChI is InChI=1S/2C21H15F2N5.C16H16BrF2N3O2.C16H20N4O2.C14H14ClN3O2.C11H12N4.C8H5N3/c2*22-17-5-13(9-25-12-17)1-3-18-4-2-15(20(23)28-18)7-16-11-27-21-19(16)6-14(8-24)10-26-21;1-16(2,3)24-15(23)22(9-10-6-11(18)8-20-7-10)13-5-4-12(17)14(19)21-13;1-16(2,3)22-15(21)20-10-12(9-19(4)5)13-6-11(7-17)8-18-14(13)20;1-14(2,3)20-13(19)18-8-10(5-15)11-4-9(6-16)7-17-12(11)18;1-15(2)7-9-6-14-11-10(9)3-8(4-12)5-13-11;9-4-6-3-7-1-2-10-8(7)11-5-6/h2*2,4-6,9-12H,1,3,7H2,(H,26,27);4-8H,9H2,1-3H3;6,8,10H,9H2,1-5H3;4,7-8H,5H2,1-3H3;3,5-6H,7H2,1-2H3,(H,13,14);1-3,5H,(H,10,11). The molecule has 18 aromatic heterocycles. The van der Waals surface area contributed by atoms with Crippen molar-refractivity contribution in [1.29, 1.82) is 31.6 Å². The molecule has 0 unspecified atom stereocenters. The summed E-state index contributed by atoms with van der Waals surface area (Å²) in [5.74, 6) is -2.87. The molecule has 0 atom stereocenters. The minimum atomic E-state index is -0.765. The first-order valence-corrected chi connectivity index (χ1v) is 46.8. The lowest BCUT2D eigenvalue weighted by Gasteiger charge is -2.26. The van der Waals surface area contributed by atoms with Gasteiger partial charge in [0.15, 0.2) is 0 Å². The van der Waals surface area contributed by atoms with Gasteiger partial charge in [0.05, 0.1) is 63.0 Å². The highest BCUT2D eigenvalue weighted by Gasteiger charge is 2.29. The summed E-state index contributed by atoms with van der Waals surface area (Å²) in [4.78, 5) is 102. The molecule has 148 heavy (non-hydrogen) atoms. The van der Waals surface area contributed by atoms with Gasteiger partial charge < -0.3 is 43.9 Å². The molecule has 1 amide bonds. The topological polar surface area (TPSA) is 459 Å². The van der Waals surface area contributed by atoms with Gasteiger partial charge in [-0.1, -0.05) is 12.1 Å². The lowest BCUT2D eigenvalue weighted by atomic mass is 10.0. The van der Waals surface area contributed by atoms with Crippen LogP contribution in [0.25, 0.3) is 66.2 Å². The van der Waals surface area contributed by atoms with Gasteiger partial charge in [-0.15, -0.1) is 11.6 Å². The van der Waals surface area contributed by atoms with E-state index in [1.165, 1.54) is 76.0 Å². The van der Waals surface area contributed by atoms with Crippen molar-refractivity contribution in [2.75, 3.05) is 33.1 Å². The molecule has 4 N–H and O–H groups in total. The molecule has 0 aliphatic rings. The zero-order valence-corrected chi connectivity index (χ0v) is 84.8. The molecule has 752 valence electrons. The highest BCUT2D eigenvalue weighted by molar-refractivity contribution is 9.10. The summed E-state index contributed by atoms with van der Waals surface area (Å²) >= 11 is 8.89. The Morgan fingerprint density at radius 3 is 1.18 bits per heavy atom. The van der Waals surface area contributed by atoms with Gasteiger partial charge in [-0.25, -0.2) is 81.5 Å². The first kappa shape index (κ1) is 109. The molecule has 41 heteroatoms. The summed E-state index contributed by atoms with van der Waals surface area (Å²) in [6.07, 6.45) is 28.6. The molecule has 33 nitrogen and oxygen atoms in total. The van der Waals surface area contributed by atoms with Gasteiger partial charge in [0, 0.05) is 180 Å². The summed E-state index contributed by atoms with van der Waals surface area (Å²) in [6.45, 7) is 17.4. The van der Waals surface area contributed by atoms with Crippen molar-refractivity contribution in [3.05, 3.63) is 349 Å². The average Bonchev–Trinajstić information content (AvgIpc) is 1.64. The van der Waals surface area contributed by atoms with E-state index in [1.54, 1.807) is 152 Å². The number of hydrogen-bond acceptors (Lipinski definition) is 26. The second-order valence-electron chi connectivity index (χ2n) is 36.8. The molecular formula is C107H97BrClF6N27O6. The fourth-order valence-electron chi connectivity index (χ4n) is 14.6. The second-order valence-corrected chi connectivity index (χ2v) is 37.9. The number of nitrogens with zero attached hydrogens (tertiary/aromatic N) is 23. The van der Waals surface area contributed by atoms with Gasteiger partial charge in [0.2, 0.25) is 17.8 Å². The molecular weight excluding hydrogens is 1990 g/mol. The summed E-state index contributed by atoms with van der Waals surface area (Å²) < 4.78 is 101. The van der Waals surface area contributed by atoms with Crippen LogP contribution in [0.3, 0.4) is 0 Å². The molecule has 0 radical (unpaired) electrons. The molecule has 0 aromatic carbocycles. The van der Waals surface area contributed by atoms with E-state index in [1.807, 2.05) is 84.3 Å². The van der Waals surface area contributed by atoms with Crippen LogP contribution in [-0.2, 0) is 78.2 Å². The quantitative estimate of drug-likeness (QED) is 0.0268. The minimum absolute atomic E-state index is 0.0502. The first-order chi connectivity index (χ1) is 70.6. The monoisotopic (exact) mass is 2080 g/mol. The van der Waals surface area contributed by atoms with Gasteiger partial charge >= 0.3 is 18.3 Å². The van der Waals surface area contributed by atoms with E-state index in [9.17, 15) is 40.7 Å². The Morgan fingerprint density at radius 1 is 0.392 bits per heavy atom. The number of aromatic amines is 4. The normalized spacial score (nSPS) is 11.0. The number of nitrogens with one attached hydrogen (secondary N) is 4. The number of H-pyrrole nitrogens is 4. The maximum atomic E-state index is 14.5. The number of rotatable bonds is 18. The van der Waals surface area contributed by atoms with Crippen LogP contribution in [0.1, 0.15) is 163 Å². The third-order valence-electron chi connectivity index (χ3n) is 21.1. The van der Waals surface area contributed by atoms with Crippen LogP contribution >= 0.6 is 27.5 Å². The van der Waals surface area contributed by atoms with Gasteiger partial charge in [-0.2, -0.15) is 44.7 Å². The maximum Gasteiger partial charge on any atom is 0.420 e. The first-order valence-electron chi connectivity index (χ1n) is 45.5. The van der Waals surface area contributed by atoms with E-state index < -0.39 is 58.7 Å². The minimum Gasteiger partial charge on any atom is -0.443 e. The van der Waals surface area contributed by atoms with Crippen molar-refractivity contribution in [2.24, 2.45) is 0 Å². The number of pyridine rings is 12. The van der Waals surface area contributed by atoms with Crippen LogP contribution in [-0.4, -0.2) is 162 Å². The predicted octanol–water partition coefficient (Wildman–Crippen LogP) is 21.3. The summed E-state index contributed by atoms with van der Waals surface area (Å²) in [7, 11) is 7.91. The number of halogens is 8. The zero-order chi connectivity index (χ0) is 107. The predicted molar refractivity (Wildman–Crippen MR) is 545 cm³/mol. The van der Waals surface area contributed by atoms with Gasteiger partial charge in [0.1, 0.15) is 110 Å². The number of hydrogen-bond donors (Lipinski definition) is 4. The fourth-order valence-corrected chi connectivity index (χ4v) is 15.0. The zero-order valence-electron chi connectivity index (χ0n) is 82.5. The number of carbonyl (C=O) groups is 3. The highest BCUT2D eigenvalue weighted by atomic mass is 79.9. The number of aromatic nitrogens is 18. The van der Waals surface area contributed by atoms with Crippen molar-refractivity contribution in [3.63, 3.8) is 0 Å². The summed E-state index contributed by atoms with van der Waals surface area (Å²) in [5, 5.41) is 58.4. The van der Waals surface area contributed by atoms with Crippen LogP contribution < -0.4 is 4.90 Å². The van der Waals surface area contributed by atoms with Crippen LogP contribution in [0.4, 0.5) is 46.5 Å². The average molecular weight is 2090 g/mol.